The van der Waals surface area contributed by atoms with E-state index in [4.69, 9.17) is 21.8 Å². The molecule has 16 heavy (non-hydrogen) atoms. The first-order chi connectivity index (χ1) is 7.63. The topological polar surface area (TPSA) is 72.7 Å². The van der Waals surface area contributed by atoms with Crippen molar-refractivity contribution in [3.63, 3.8) is 0 Å². The quantitative estimate of drug-likeness (QED) is 0.582. The normalized spacial score (nSPS) is 14.8. The van der Waals surface area contributed by atoms with Gasteiger partial charge in [0, 0.05) is 18.1 Å². The van der Waals surface area contributed by atoms with Crippen molar-refractivity contribution < 1.29 is 15.3 Å². The molecule has 0 aromatic heterocycles. The van der Waals surface area contributed by atoms with Gasteiger partial charge in [0.05, 0.1) is 18.8 Å². The van der Waals surface area contributed by atoms with Gasteiger partial charge in [0.25, 0.3) is 0 Å². The maximum Gasteiger partial charge on any atom is 0.0914 e. The third-order valence-electron chi connectivity index (χ3n) is 2.18. The van der Waals surface area contributed by atoms with Gasteiger partial charge in [0.1, 0.15) is 0 Å². The Morgan fingerprint density at radius 1 is 1.12 bits per heavy atom. The lowest BCUT2D eigenvalue weighted by Gasteiger charge is -2.13. The van der Waals surface area contributed by atoms with Crippen LogP contribution in [-0.4, -0.2) is 41.1 Å². The van der Waals surface area contributed by atoms with Crippen LogP contribution >= 0.6 is 11.6 Å². The fraction of sp³-hybridized carbons (Fsp3) is 0.455. The number of benzene rings is 1. The van der Waals surface area contributed by atoms with E-state index in [-0.39, 0.29) is 13.2 Å². The van der Waals surface area contributed by atoms with Gasteiger partial charge in [-0.1, -0.05) is 23.7 Å². The zero-order valence-corrected chi connectivity index (χ0v) is 9.56. The molecule has 90 valence electrons. The molecule has 0 aliphatic heterocycles. The summed E-state index contributed by atoms with van der Waals surface area (Å²) in [5.41, 5.74) is 0.760. The summed E-state index contributed by atoms with van der Waals surface area (Å²) in [6.45, 7) is 0.282. The van der Waals surface area contributed by atoms with Gasteiger partial charge in [-0.25, -0.2) is 0 Å². The number of rotatable bonds is 6. The molecule has 1 aromatic carbocycles. The smallest absolute Gasteiger partial charge is 0.0914 e. The third kappa shape index (κ3) is 4.47. The first-order valence-electron chi connectivity index (χ1n) is 5.06. The molecule has 0 spiro atoms. The summed E-state index contributed by atoms with van der Waals surface area (Å²) in [7, 11) is 0. The number of aliphatic hydroxyl groups excluding tert-OH is 3. The molecule has 0 aliphatic rings. The Hall–Kier alpha value is -0.650. The highest BCUT2D eigenvalue weighted by Crippen LogP contribution is 2.15. The summed E-state index contributed by atoms with van der Waals surface area (Å²) in [5, 5.41) is 30.9. The second-order valence-electron chi connectivity index (χ2n) is 3.56. The van der Waals surface area contributed by atoms with Crippen LogP contribution in [-0.2, 0) is 0 Å². The van der Waals surface area contributed by atoms with Crippen molar-refractivity contribution in [1.82, 2.24) is 5.32 Å². The van der Waals surface area contributed by atoms with E-state index < -0.39 is 12.2 Å². The lowest BCUT2D eigenvalue weighted by atomic mass is 10.1. The van der Waals surface area contributed by atoms with Crippen LogP contribution in [0.15, 0.2) is 24.3 Å². The van der Waals surface area contributed by atoms with Crippen LogP contribution in [0.2, 0.25) is 5.02 Å². The van der Waals surface area contributed by atoms with Crippen molar-refractivity contribution in [3.8, 4) is 0 Å². The number of hydrogen-bond acceptors (Lipinski definition) is 4. The van der Waals surface area contributed by atoms with Crippen LogP contribution in [0.25, 0.3) is 0 Å². The van der Waals surface area contributed by atoms with E-state index in [1.165, 1.54) is 0 Å². The van der Waals surface area contributed by atoms with E-state index in [1.54, 1.807) is 24.3 Å². The van der Waals surface area contributed by atoms with E-state index in [1.807, 2.05) is 0 Å². The molecule has 0 aliphatic carbocycles. The van der Waals surface area contributed by atoms with E-state index in [0.29, 0.717) is 11.6 Å². The van der Waals surface area contributed by atoms with E-state index in [0.717, 1.165) is 5.56 Å². The number of halogens is 1. The first kappa shape index (κ1) is 13.4. The van der Waals surface area contributed by atoms with Gasteiger partial charge in [0.15, 0.2) is 0 Å². The summed E-state index contributed by atoms with van der Waals surface area (Å²) >= 11 is 5.72. The number of hydrogen-bond donors (Lipinski definition) is 4. The molecule has 0 radical (unpaired) electrons. The molecule has 1 aromatic rings. The van der Waals surface area contributed by atoms with Crippen molar-refractivity contribution in [2.45, 2.75) is 12.2 Å². The van der Waals surface area contributed by atoms with E-state index in [9.17, 15) is 5.11 Å². The van der Waals surface area contributed by atoms with Gasteiger partial charge >= 0.3 is 0 Å². The predicted molar refractivity (Wildman–Crippen MR) is 62.4 cm³/mol. The lowest BCUT2D eigenvalue weighted by molar-refractivity contribution is 0.0891. The molecular weight excluding hydrogens is 230 g/mol. The van der Waals surface area contributed by atoms with Crippen molar-refractivity contribution in [2.24, 2.45) is 0 Å². The maximum atomic E-state index is 9.75. The number of aliphatic hydroxyl groups is 3. The monoisotopic (exact) mass is 245 g/mol. The SMILES string of the molecule is OCC(O)CNCC(O)c1ccc(Cl)cc1. The second kappa shape index (κ2) is 6.83. The van der Waals surface area contributed by atoms with E-state index in [2.05, 4.69) is 5.32 Å². The minimum absolute atomic E-state index is 0.251. The van der Waals surface area contributed by atoms with Crippen molar-refractivity contribution in [1.29, 1.82) is 0 Å². The number of nitrogens with one attached hydrogen (secondary N) is 1. The predicted octanol–water partition coefficient (Wildman–Crippen LogP) is 0.316. The highest BCUT2D eigenvalue weighted by Gasteiger charge is 2.08. The van der Waals surface area contributed by atoms with Crippen LogP contribution < -0.4 is 5.32 Å². The average Bonchev–Trinajstić information content (AvgIpc) is 2.29. The van der Waals surface area contributed by atoms with Gasteiger partial charge in [0.2, 0.25) is 0 Å². The Bertz CT molecular complexity index is 305. The lowest BCUT2D eigenvalue weighted by Crippen LogP contribution is -2.32. The second-order valence-corrected chi connectivity index (χ2v) is 4.00. The van der Waals surface area contributed by atoms with Gasteiger partial charge in [-0.3, -0.25) is 0 Å². The Balaban J connectivity index is 2.35. The fourth-order valence-electron chi connectivity index (χ4n) is 1.25. The molecule has 0 bridgehead atoms. The van der Waals surface area contributed by atoms with Crippen LogP contribution in [0.5, 0.6) is 0 Å². The third-order valence-corrected chi connectivity index (χ3v) is 2.44. The molecule has 2 unspecified atom stereocenters. The molecule has 0 saturated carbocycles. The Morgan fingerprint density at radius 2 is 1.75 bits per heavy atom. The maximum absolute atomic E-state index is 9.75. The standard InChI is InChI=1S/C11H16ClNO3/c12-9-3-1-8(2-4-9)11(16)6-13-5-10(15)7-14/h1-4,10-11,13-16H,5-7H2. The van der Waals surface area contributed by atoms with Crippen molar-refractivity contribution in [2.75, 3.05) is 19.7 Å². The molecule has 2 atom stereocenters. The highest BCUT2D eigenvalue weighted by atomic mass is 35.5. The van der Waals surface area contributed by atoms with Crippen molar-refractivity contribution in [3.05, 3.63) is 34.9 Å². The summed E-state index contributed by atoms with van der Waals surface area (Å²) in [6.07, 6.45) is -1.44. The summed E-state index contributed by atoms with van der Waals surface area (Å²) in [4.78, 5) is 0. The van der Waals surface area contributed by atoms with Crippen molar-refractivity contribution >= 4 is 11.6 Å². The average molecular weight is 246 g/mol. The molecule has 4 N–H and O–H groups in total. The minimum Gasteiger partial charge on any atom is -0.394 e. The van der Waals surface area contributed by atoms with Crippen LogP contribution in [0, 0.1) is 0 Å². The fourth-order valence-corrected chi connectivity index (χ4v) is 1.38. The summed E-state index contributed by atoms with van der Waals surface area (Å²) < 4.78 is 0. The van der Waals surface area contributed by atoms with Gasteiger partial charge in [-0.2, -0.15) is 0 Å². The molecule has 5 heteroatoms. The Kier molecular flexibility index (Phi) is 5.73. The van der Waals surface area contributed by atoms with Gasteiger partial charge in [-0.15, -0.1) is 0 Å². The molecule has 0 saturated heterocycles. The van der Waals surface area contributed by atoms with Crippen LogP contribution in [0.3, 0.4) is 0 Å². The van der Waals surface area contributed by atoms with Crippen LogP contribution in [0.1, 0.15) is 11.7 Å². The minimum atomic E-state index is -0.794. The van der Waals surface area contributed by atoms with E-state index >= 15 is 0 Å². The van der Waals surface area contributed by atoms with Gasteiger partial charge < -0.3 is 20.6 Å². The zero-order chi connectivity index (χ0) is 12.0. The molecule has 0 fully saturated rings. The van der Waals surface area contributed by atoms with Crippen LogP contribution in [0.4, 0.5) is 0 Å². The molecular formula is C11H16ClNO3. The van der Waals surface area contributed by atoms with Gasteiger partial charge in [-0.05, 0) is 17.7 Å². The largest absolute Gasteiger partial charge is 0.394 e. The molecule has 0 amide bonds. The molecule has 0 heterocycles. The zero-order valence-electron chi connectivity index (χ0n) is 8.81. The summed E-state index contributed by atoms with van der Waals surface area (Å²) in [5.74, 6) is 0. The molecule has 4 nitrogen and oxygen atoms in total. The molecule has 1 rings (SSSR count). The highest BCUT2D eigenvalue weighted by molar-refractivity contribution is 6.30. The Labute approximate surface area is 99.5 Å². The summed E-state index contributed by atoms with van der Waals surface area (Å²) in [6, 6.07) is 6.92. The Morgan fingerprint density at radius 3 is 2.31 bits per heavy atom. The first-order valence-corrected chi connectivity index (χ1v) is 5.44.